The number of carboxylic acid groups (broad SMARTS) is 1. The zero-order valence-corrected chi connectivity index (χ0v) is 12.9. The summed E-state index contributed by atoms with van der Waals surface area (Å²) in [4.78, 5) is 21.9. The first-order valence-electron chi connectivity index (χ1n) is 7.44. The second-order valence-corrected chi connectivity index (χ2v) is 5.81. The predicted octanol–water partition coefficient (Wildman–Crippen LogP) is 2.35. The Labute approximate surface area is 125 Å². The van der Waals surface area contributed by atoms with Gasteiger partial charge in [0, 0.05) is 19.2 Å². The standard InChI is InChI=1S/C15H23N3O3/c1-4-15(14(19)20)5-7-18(8-6-15)12-9-13(17-10-16-12)21-11(2)3/h9-11H,4-8H2,1-3H3,(H,19,20). The van der Waals surface area contributed by atoms with E-state index in [1.54, 1.807) is 0 Å². The number of aromatic nitrogens is 2. The molecule has 1 aromatic rings. The van der Waals surface area contributed by atoms with Crippen molar-refractivity contribution in [1.29, 1.82) is 0 Å². The van der Waals surface area contributed by atoms with Crippen molar-refractivity contribution in [2.45, 2.75) is 46.1 Å². The maximum atomic E-state index is 11.5. The number of anilines is 1. The Kier molecular flexibility index (Phi) is 4.65. The van der Waals surface area contributed by atoms with E-state index in [2.05, 4.69) is 14.9 Å². The molecule has 21 heavy (non-hydrogen) atoms. The molecule has 1 aromatic heterocycles. The zero-order chi connectivity index (χ0) is 15.5. The third kappa shape index (κ3) is 3.43. The van der Waals surface area contributed by atoms with Crippen molar-refractivity contribution in [2.75, 3.05) is 18.0 Å². The summed E-state index contributed by atoms with van der Waals surface area (Å²) >= 11 is 0. The van der Waals surface area contributed by atoms with Crippen molar-refractivity contribution in [2.24, 2.45) is 5.41 Å². The summed E-state index contributed by atoms with van der Waals surface area (Å²) in [5, 5.41) is 9.42. The Morgan fingerprint density at radius 3 is 2.62 bits per heavy atom. The molecular formula is C15H23N3O3. The molecule has 2 rings (SSSR count). The summed E-state index contributed by atoms with van der Waals surface area (Å²) in [7, 11) is 0. The quantitative estimate of drug-likeness (QED) is 0.898. The third-order valence-electron chi connectivity index (χ3n) is 4.16. The Balaban J connectivity index is 2.07. The van der Waals surface area contributed by atoms with Gasteiger partial charge in [0.15, 0.2) is 0 Å². The number of nitrogens with zero attached hydrogens (tertiary/aromatic N) is 3. The topological polar surface area (TPSA) is 75.5 Å². The second-order valence-electron chi connectivity index (χ2n) is 5.81. The highest BCUT2D eigenvalue weighted by Gasteiger charge is 2.40. The Hall–Kier alpha value is -1.85. The molecule has 0 aliphatic carbocycles. The highest BCUT2D eigenvalue weighted by atomic mass is 16.5. The first-order chi connectivity index (χ1) is 9.97. The van der Waals surface area contributed by atoms with E-state index in [4.69, 9.17) is 4.74 Å². The lowest BCUT2D eigenvalue weighted by Gasteiger charge is -2.38. The van der Waals surface area contributed by atoms with Gasteiger partial charge in [0.25, 0.3) is 0 Å². The molecule has 0 bridgehead atoms. The van der Waals surface area contributed by atoms with Crippen LogP contribution in [-0.4, -0.2) is 40.2 Å². The maximum Gasteiger partial charge on any atom is 0.309 e. The molecule has 1 aliphatic rings. The molecule has 116 valence electrons. The van der Waals surface area contributed by atoms with Crippen molar-refractivity contribution in [3.8, 4) is 5.88 Å². The minimum Gasteiger partial charge on any atom is -0.481 e. The number of carboxylic acids is 1. The lowest BCUT2D eigenvalue weighted by molar-refractivity contribution is -0.150. The van der Waals surface area contributed by atoms with Crippen LogP contribution in [0.1, 0.15) is 40.0 Å². The van der Waals surface area contributed by atoms with Gasteiger partial charge in [-0.2, -0.15) is 0 Å². The van der Waals surface area contributed by atoms with Gasteiger partial charge in [-0.3, -0.25) is 4.79 Å². The minimum atomic E-state index is -0.684. The maximum absolute atomic E-state index is 11.5. The first-order valence-corrected chi connectivity index (χ1v) is 7.44. The molecule has 0 saturated carbocycles. The van der Waals surface area contributed by atoms with Crippen LogP contribution in [0.15, 0.2) is 12.4 Å². The van der Waals surface area contributed by atoms with Gasteiger partial charge >= 0.3 is 5.97 Å². The molecule has 0 radical (unpaired) electrons. The van der Waals surface area contributed by atoms with E-state index < -0.39 is 11.4 Å². The van der Waals surface area contributed by atoms with E-state index >= 15 is 0 Å². The molecule has 0 atom stereocenters. The fraction of sp³-hybridized carbons (Fsp3) is 0.667. The van der Waals surface area contributed by atoms with Crippen molar-refractivity contribution >= 4 is 11.8 Å². The van der Waals surface area contributed by atoms with Crippen LogP contribution in [0.25, 0.3) is 0 Å². The van der Waals surface area contributed by atoms with E-state index in [1.807, 2.05) is 26.8 Å². The summed E-state index contributed by atoms with van der Waals surface area (Å²) in [5.41, 5.74) is -0.583. The molecule has 0 spiro atoms. The van der Waals surface area contributed by atoms with Crippen molar-refractivity contribution in [3.63, 3.8) is 0 Å². The van der Waals surface area contributed by atoms with Crippen LogP contribution in [0.2, 0.25) is 0 Å². The molecule has 6 heteroatoms. The van der Waals surface area contributed by atoms with Gasteiger partial charge in [-0.25, -0.2) is 9.97 Å². The monoisotopic (exact) mass is 293 g/mol. The molecule has 0 unspecified atom stereocenters. The largest absolute Gasteiger partial charge is 0.481 e. The van der Waals surface area contributed by atoms with Crippen molar-refractivity contribution < 1.29 is 14.6 Å². The van der Waals surface area contributed by atoms with Crippen molar-refractivity contribution in [3.05, 3.63) is 12.4 Å². The number of hydrogen-bond donors (Lipinski definition) is 1. The molecule has 0 amide bonds. The molecule has 2 heterocycles. The van der Waals surface area contributed by atoms with Gasteiger partial charge in [-0.1, -0.05) is 6.92 Å². The number of rotatable bonds is 5. The van der Waals surface area contributed by atoms with Gasteiger partial charge in [-0.05, 0) is 33.1 Å². The van der Waals surface area contributed by atoms with Gasteiger partial charge in [0.1, 0.15) is 12.1 Å². The van der Waals surface area contributed by atoms with Gasteiger partial charge < -0.3 is 14.7 Å². The van der Waals surface area contributed by atoms with Crippen LogP contribution in [-0.2, 0) is 4.79 Å². The SMILES string of the molecule is CCC1(C(=O)O)CCN(c2cc(OC(C)C)ncn2)CC1. The van der Waals surface area contributed by atoms with Crippen LogP contribution in [0.5, 0.6) is 5.88 Å². The summed E-state index contributed by atoms with van der Waals surface area (Å²) in [5.74, 6) is 0.674. The van der Waals surface area contributed by atoms with Gasteiger partial charge in [-0.15, -0.1) is 0 Å². The molecule has 1 fully saturated rings. The Bertz CT molecular complexity index is 497. The number of ether oxygens (including phenoxy) is 1. The fourth-order valence-electron chi connectivity index (χ4n) is 2.69. The lowest BCUT2D eigenvalue weighted by Crippen LogP contribution is -2.44. The fourth-order valence-corrected chi connectivity index (χ4v) is 2.69. The van der Waals surface area contributed by atoms with E-state index in [0.29, 0.717) is 38.2 Å². The van der Waals surface area contributed by atoms with E-state index in [-0.39, 0.29) is 6.10 Å². The second kappa shape index (κ2) is 6.28. The van der Waals surface area contributed by atoms with Gasteiger partial charge in [0.05, 0.1) is 11.5 Å². The molecule has 1 aliphatic heterocycles. The van der Waals surface area contributed by atoms with Crippen molar-refractivity contribution in [1.82, 2.24) is 9.97 Å². The first kappa shape index (κ1) is 15.5. The lowest BCUT2D eigenvalue weighted by atomic mass is 9.76. The number of aliphatic carboxylic acids is 1. The van der Waals surface area contributed by atoms with E-state index in [9.17, 15) is 9.90 Å². The van der Waals surface area contributed by atoms with Crippen LogP contribution in [0.3, 0.4) is 0 Å². The third-order valence-corrected chi connectivity index (χ3v) is 4.16. The van der Waals surface area contributed by atoms with E-state index in [1.165, 1.54) is 6.33 Å². The molecule has 0 aromatic carbocycles. The highest BCUT2D eigenvalue weighted by molar-refractivity contribution is 5.75. The van der Waals surface area contributed by atoms with Crippen LogP contribution in [0, 0.1) is 5.41 Å². The molecule has 1 N–H and O–H groups in total. The molecular weight excluding hydrogens is 270 g/mol. The minimum absolute atomic E-state index is 0.0638. The van der Waals surface area contributed by atoms with Crippen LogP contribution in [0.4, 0.5) is 5.82 Å². The summed E-state index contributed by atoms with van der Waals surface area (Å²) in [6.07, 6.45) is 3.51. The Morgan fingerprint density at radius 2 is 2.10 bits per heavy atom. The summed E-state index contributed by atoms with van der Waals surface area (Å²) in [6.45, 7) is 7.23. The summed E-state index contributed by atoms with van der Waals surface area (Å²) in [6, 6.07) is 1.82. The van der Waals surface area contributed by atoms with Crippen LogP contribution >= 0.6 is 0 Å². The average Bonchev–Trinajstić information content (AvgIpc) is 2.46. The number of carbonyl (C=O) groups is 1. The Morgan fingerprint density at radius 1 is 1.43 bits per heavy atom. The van der Waals surface area contributed by atoms with Crippen LogP contribution < -0.4 is 9.64 Å². The average molecular weight is 293 g/mol. The van der Waals surface area contributed by atoms with E-state index in [0.717, 1.165) is 5.82 Å². The zero-order valence-electron chi connectivity index (χ0n) is 12.9. The molecule has 6 nitrogen and oxygen atoms in total. The number of hydrogen-bond acceptors (Lipinski definition) is 5. The predicted molar refractivity (Wildman–Crippen MR) is 79.6 cm³/mol. The normalized spacial score (nSPS) is 17.8. The summed E-state index contributed by atoms with van der Waals surface area (Å²) < 4.78 is 5.57. The highest BCUT2D eigenvalue weighted by Crippen LogP contribution is 2.36. The number of piperidine rings is 1. The molecule has 1 saturated heterocycles. The smallest absolute Gasteiger partial charge is 0.309 e. The van der Waals surface area contributed by atoms with Gasteiger partial charge in [0.2, 0.25) is 5.88 Å².